The molecule has 0 aliphatic carbocycles. The molecule has 27 heavy (non-hydrogen) atoms. The first-order chi connectivity index (χ1) is 13.1. The molecule has 2 aromatic carbocycles. The molecule has 0 radical (unpaired) electrons. The Morgan fingerprint density at radius 2 is 1.70 bits per heavy atom. The molecule has 0 saturated carbocycles. The summed E-state index contributed by atoms with van der Waals surface area (Å²) in [6, 6.07) is 15.0. The van der Waals surface area contributed by atoms with Gasteiger partial charge >= 0.3 is 0 Å². The van der Waals surface area contributed by atoms with Gasteiger partial charge in [-0.1, -0.05) is 51.5 Å². The van der Waals surface area contributed by atoms with E-state index < -0.39 is 0 Å². The first-order valence-electron chi connectivity index (χ1n) is 9.47. The third-order valence-electron chi connectivity index (χ3n) is 4.58. The van der Waals surface area contributed by atoms with Crippen LogP contribution in [0.15, 0.2) is 52.9 Å². The average Bonchev–Trinajstić information content (AvgIpc) is 3.13. The van der Waals surface area contributed by atoms with Gasteiger partial charge in [-0.15, -0.1) is 10.2 Å². The van der Waals surface area contributed by atoms with Crippen molar-refractivity contribution in [3.8, 4) is 11.5 Å². The van der Waals surface area contributed by atoms with Crippen molar-refractivity contribution >= 4 is 0 Å². The predicted molar refractivity (Wildman–Crippen MR) is 105 cm³/mol. The van der Waals surface area contributed by atoms with E-state index in [4.69, 9.17) is 4.42 Å². The van der Waals surface area contributed by atoms with Crippen LogP contribution in [0.1, 0.15) is 50.3 Å². The minimum absolute atomic E-state index is 0.196. The van der Waals surface area contributed by atoms with Crippen LogP contribution in [0.5, 0.6) is 0 Å². The molecule has 0 fully saturated rings. The number of nitrogens with zero attached hydrogens (tertiary/aromatic N) is 2. The van der Waals surface area contributed by atoms with Crippen LogP contribution in [-0.2, 0) is 13.0 Å². The van der Waals surface area contributed by atoms with Gasteiger partial charge in [0.2, 0.25) is 11.8 Å². The molecule has 0 amide bonds. The molecule has 3 aromatic rings. The lowest BCUT2D eigenvalue weighted by molar-refractivity contribution is 0.380. The van der Waals surface area contributed by atoms with Gasteiger partial charge < -0.3 is 9.73 Å². The van der Waals surface area contributed by atoms with Crippen molar-refractivity contribution in [3.63, 3.8) is 0 Å². The monoisotopic (exact) mass is 367 g/mol. The number of nitrogens with one attached hydrogen (secondary N) is 1. The van der Waals surface area contributed by atoms with E-state index in [-0.39, 0.29) is 11.9 Å². The number of rotatable bonds is 8. The Bertz CT molecular complexity index is 841. The van der Waals surface area contributed by atoms with Crippen molar-refractivity contribution in [2.45, 2.75) is 46.2 Å². The van der Waals surface area contributed by atoms with Gasteiger partial charge in [-0.3, -0.25) is 0 Å². The molecule has 1 unspecified atom stereocenters. The Balaban J connectivity index is 1.67. The molecule has 1 aromatic heterocycles. The van der Waals surface area contributed by atoms with Gasteiger partial charge in [0.1, 0.15) is 5.82 Å². The zero-order valence-electron chi connectivity index (χ0n) is 16.1. The Labute approximate surface area is 159 Å². The number of benzene rings is 2. The zero-order valence-corrected chi connectivity index (χ0v) is 16.1. The summed E-state index contributed by atoms with van der Waals surface area (Å²) in [5.74, 6) is 1.05. The standard InChI is InChI=1S/C22H26FN3O/c1-4-5-16-6-8-17(9-7-16)21(15(2)3)24-14-20-25-26-22(27-20)18-10-12-19(23)13-11-18/h6-13,15,21,24H,4-5,14H2,1-3H3. The van der Waals surface area contributed by atoms with Crippen LogP contribution in [-0.4, -0.2) is 10.2 Å². The van der Waals surface area contributed by atoms with Crippen molar-refractivity contribution in [2.75, 3.05) is 0 Å². The number of hydrogen-bond donors (Lipinski definition) is 1. The van der Waals surface area contributed by atoms with E-state index in [9.17, 15) is 4.39 Å². The number of aryl methyl sites for hydroxylation is 1. The van der Waals surface area contributed by atoms with Gasteiger partial charge in [-0.2, -0.15) is 0 Å². The largest absolute Gasteiger partial charge is 0.419 e. The second-order valence-electron chi connectivity index (χ2n) is 7.10. The fraction of sp³-hybridized carbons (Fsp3) is 0.364. The smallest absolute Gasteiger partial charge is 0.247 e. The highest BCUT2D eigenvalue weighted by atomic mass is 19.1. The average molecular weight is 367 g/mol. The second-order valence-corrected chi connectivity index (χ2v) is 7.10. The Hall–Kier alpha value is -2.53. The molecule has 0 bridgehead atoms. The summed E-state index contributed by atoms with van der Waals surface area (Å²) >= 11 is 0. The van der Waals surface area contributed by atoms with E-state index in [1.54, 1.807) is 12.1 Å². The maximum atomic E-state index is 13.0. The highest BCUT2D eigenvalue weighted by Crippen LogP contribution is 2.24. The van der Waals surface area contributed by atoms with Crippen LogP contribution in [0.2, 0.25) is 0 Å². The van der Waals surface area contributed by atoms with Crippen LogP contribution in [0, 0.1) is 11.7 Å². The molecule has 1 heterocycles. The topological polar surface area (TPSA) is 51.0 Å². The van der Waals surface area contributed by atoms with Crippen molar-refractivity contribution in [2.24, 2.45) is 5.92 Å². The summed E-state index contributed by atoms with van der Waals surface area (Å²) < 4.78 is 18.8. The predicted octanol–water partition coefficient (Wildman–Crippen LogP) is 5.32. The zero-order chi connectivity index (χ0) is 19.2. The summed E-state index contributed by atoms with van der Waals surface area (Å²) in [6.45, 7) is 7.05. The number of halogens is 1. The fourth-order valence-electron chi connectivity index (χ4n) is 3.15. The first-order valence-corrected chi connectivity index (χ1v) is 9.47. The van der Waals surface area contributed by atoms with Crippen molar-refractivity contribution in [1.82, 2.24) is 15.5 Å². The summed E-state index contributed by atoms with van der Waals surface area (Å²) in [7, 11) is 0. The van der Waals surface area contributed by atoms with E-state index in [0.717, 1.165) is 12.8 Å². The van der Waals surface area contributed by atoms with Gasteiger partial charge in [-0.05, 0) is 47.7 Å². The molecule has 0 aliphatic heterocycles. The van der Waals surface area contributed by atoms with Gasteiger partial charge in [-0.25, -0.2) is 4.39 Å². The lowest BCUT2D eigenvalue weighted by atomic mass is 9.94. The van der Waals surface area contributed by atoms with Crippen molar-refractivity contribution in [1.29, 1.82) is 0 Å². The van der Waals surface area contributed by atoms with Crippen molar-refractivity contribution < 1.29 is 8.81 Å². The minimum atomic E-state index is -0.287. The highest BCUT2D eigenvalue weighted by molar-refractivity contribution is 5.51. The van der Waals surface area contributed by atoms with Gasteiger partial charge in [0.15, 0.2) is 0 Å². The summed E-state index contributed by atoms with van der Waals surface area (Å²) in [5.41, 5.74) is 3.33. The van der Waals surface area contributed by atoms with Crippen LogP contribution < -0.4 is 5.32 Å². The van der Waals surface area contributed by atoms with Gasteiger partial charge in [0, 0.05) is 11.6 Å². The molecule has 3 rings (SSSR count). The van der Waals surface area contributed by atoms with E-state index in [1.165, 1.54) is 23.3 Å². The molecule has 0 aliphatic rings. The van der Waals surface area contributed by atoms with E-state index >= 15 is 0 Å². The Kier molecular flexibility index (Phi) is 6.35. The van der Waals surface area contributed by atoms with E-state index in [1.807, 2.05) is 0 Å². The molecule has 1 N–H and O–H groups in total. The molecule has 5 heteroatoms. The first kappa shape index (κ1) is 19.2. The van der Waals surface area contributed by atoms with Crippen LogP contribution in [0.3, 0.4) is 0 Å². The molecular weight excluding hydrogens is 341 g/mol. The van der Waals surface area contributed by atoms with Crippen LogP contribution in [0.25, 0.3) is 11.5 Å². The maximum absolute atomic E-state index is 13.0. The third-order valence-corrected chi connectivity index (χ3v) is 4.58. The quantitative estimate of drug-likeness (QED) is 0.586. The fourth-order valence-corrected chi connectivity index (χ4v) is 3.15. The minimum Gasteiger partial charge on any atom is -0.419 e. The number of hydrogen-bond acceptors (Lipinski definition) is 4. The van der Waals surface area contributed by atoms with E-state index in [2.05, 4.69) is 60.6 Å². The van der Waals surface area contributed by atoms with Crippen LogP contribution in [0.4, 0.5) is 4.39 Å². The molecule has 4 nitrogen and oxygen atoms in total. The molecular formula is C22H26FN3O. The summed E-state index contributed by atoms with van der Waals surface area (Å²) in [6.07, 6.45) is 2.26. The summed E-state index contributed by atoms with van der Waals surface area (Å²) in [4.78, 5) is 0. The molecule has 0 spiro atoms. The highest BCUT2D eigenvalue weighted by Gasteiger charge is 2.17. The normalized spacial score (nSPS) is 12.5. The Morgan fingerprint density at radius 1 is 1.00 bits per heavy atom. The lowest BCUT2D eigenvalue weighted by Crippen LogP contribution is -2.25. The van der Waals surface area contributed by atoms with Gasteiger partial charge in [0.25, 0.3) is 0 Å². The Morgan fingerprint density at radius 3 is 2.33 bits per heavy atom. The van der Waals surface area contributed by atoms with Gasteiger partial charge in [0.05, 0.1) is 6.54 Å². The SMILES string of the molecule is CCCc1ccc(C(NCc2nnc(-c3ccc(F)cc3)o2)C(C)C)cc1. The summed E-state index contributed by atoms with van der Waals surface area (Å²) in [5, 5.41) is 11.7. The van der Waals surface area contributed by atoms with Crippen LogP contribution >= 0.6 is 0 Å². The number of aromatic nitrogens is 2. The van der Waals surface area contributed by atoms with Crippen molar-refractivity contribution in [3.05, 3.63) is 71.4 Å². The molecule has 142 valence electrons. The lowest BCUT2D eigenvalue weighted by Gasteiger charge is -2.22. The van der Waals surface area contributed by atoms with E-state index in [0.29, 0.717) is 29.8 Å². The third kappa shape index (κ3) is 5.01. The molecule has 0 saturated heterocycles. The molecule has 1 atom stereocenters. The maximum Gasteiger partial charge on any atom is 0.247 e. The second kappa shape index (κ2) is 8.91.